The Hall–Kier alpha value is -2.54. The summed E-state index contributed by atoms with van der Waals surface area (Å²) in [6.45, 7) is 7.42. The molecule has 0 bridgehead atoms. The van der Waals surface area contributed by atoms with Crippen LogP contribution in [-0.2, 0) is 20.9 Å². The quantitative estimate of drug-likeness (QED) is 0.241. The zero-order valence-corrected chi connectivity index (χ0v) is 16.2. The van der Waals surface area contributed by atoms with Gasteiger partial charge in [-0.25, -0.2) is 0 Å². The molecule has 1 aromatic carbocycles. The molecular formula is C20H27NO6. The number of carbonyl (C=O) groups is 2. The predicted octanol–water partition coefficient (Wildman–Crippen LogP) is 3.06. The maximum absolute atomic E-state index is 11.6. The lowest BCUT2D eigenvalue weighted by atomic mass is 10.1. The van der Waals surface area contributed by atoms with Gasteiger partial charge in [0.2, 0.25) is 11.5 Å². The third kappa shape index (κ3) is 5.47. The van der Waals surface area contributed by atoms with Gasteiger partial charge in [0.1, 0.15) is 0 Å². The van der Waals surface area contributed by atoms with Crippen molar-refractivity contribution in [2.75, 3.05) is 26.4 Å². The van der Waals surface area contributed by atoms with Crippen LogP contribution in [0, 0.1) is 0 Å². The van der Waals surface area contributed by atoms with Gasteiger partial charge < -0.3 is 14.4 Å². The van der Waals surface area contributed by atoms with Crippen molar-refractivity contribution < 1.29 is 28.8 Å². The van der Waals surface area contributed by atoms with E-state index in [-0.39, 0.29) is 11.8 Å². The van der Waals surface area contributed by atoms with Crippen molar-refractivity contribution in [3.8, 4) is 17.2 Å². The van der Waals surface area contributed by atoms with Crippen LogP contribution in [0.4, 0.5) is 0 Å². The average Bonchev–Trinajstić information content (AvgIpc) is 2.98. The fourth-order valence-corrected chi connectivity index (χ4v) is 2.78. The highest BCUT2D eigenvalue weighted by atomic mass is 17.2. The van der Waals surface area contributed by atoms with Crippen molar-refractivity contribution in [3.05, 3.63) is 29.8 Å². The van der Waals surface area contributed by atoms with Gasteiger partial charge in [0.25, 0.3) is 11.8 Å². The molecule has 1 aromatic rings. The Morgan fingerprint density at radius 1 is 0.852 bits per heavy atom. The smallest absolute Gasteiger partial charge is 0.253 e. The van der Waals surface area contributed by atoms with Crippen LogP contribution in [-0.4, -0.2) is 43.1 Å². The minimum Gasteiger partial charge on any atom is -0.490 e. The molecule has 1 aliphatic rings. The van der Waals surface area contributed by atoms with Crippen molar-refractivity contribution in [1.82, 2.24) is 4.90 Å². The number of ether oxygens (including phenoxy) is 2. The first-order valence-corrected chi connectivity index (χ1v) is 9.36. The molecule has 0 aromatic heterocycles. The number of amides is 2. The van der Waals surface area contributed by atoms with Gasteiger partial charge >= 0.3 is 0 Å². The van der Waals surface area contributed by atoms with E-state index in [1.165, 1.54) is 17.1 Å². The molecule has 1 heterocycles. The Kier molecular flexibility index (Phi) is 8.13. The molecule has 0 radical (unpaired) electrons. The molecule has 2 amide bonds. The van der Waals surface area contributed by atoms with Crippen molar-refractivity contribution >= 4 is 11.8 Å². The highest BCUT2D eigenvalue weighted by Crippen LogP contribution is 2.41. The minimum absolute atomic E-state index is 0.250. The third-order valence-corrected chi connectivity index (χ3v) is 3.98. The van der Waals surface area contributed by atoms with Crippen LogP contribution in [0.25, 0.3) is 0 Å². The number of imide groups is 1. The SMILES string of the molecule is CCOOc1c(CCCCN2C(=O)C=CC2=O)ccc(OCC)c1OCC. The molecule has 2 rings (SSSR count). The summed E-state index contributed by atoms with van der Waals surface area (Å²) in [7, 11) is 0. The van der Waals surface area contributed by atoms with Crippen LogP contribution in [0.1, 0.15) is 39.2 Å². The molecule has 148 valence electrons. The molecule has 1 aliphatic heterocycles. The standard InChI is InChI=1S/C20H27NO6/c1-4-24-16-11-10-15(19(27-26-6-3)20(16)25-5-2)9-7-8-14-21-17(22)12-13-18(21)23/h10-13H,4-9,14H2,1-3H3. The molecule has 0 fully saturated rings. The van der Waals surface area contributed by atoms with Crippen molar-refractivity contribution in [1.29, 1.82) is 0 Å². The summed E-state index contributed by atoms with van der Waals surface area (Å²) >= 11 is 0. The summed E-state index contributed by atoms with van der Waals surface area (Å²) in [4.78, 5) is 35.1. The molecule has 0 saturated carbocycles. The van der Waals surface area contributed by atoms with E-state index in [1.54, 1.807) is 0 Å². The summed E-state index contributed by atoms with van der Waals surface area (Å²) in [5, 5.41) is 0. The lowest BCUT2D eigenvalue weighted by Crippen LogP contribution is -2.30. The lowest BCUT2D eigenvalue weighted by molar-refractivity contribution is -0.203. The van der Waals surface area contributed by atoms with E-state index >= 15 is 0 Å². The van der Waals surface area contributed by atoms with Gasteiger partial charge in [-0.3, -0.25) is 14.5 Å². The summed E-state index contributed by atoms with van der Waals surface area (Å²) in [6.07, 6.45) is 4.77. The van der Waals surface area contributed by atoms with Crippen LogP contribution in [0.15, 0.2) is 24.3 Å². The minimum atomic E-state index is -0.250. The predicted molar refractivity (Wildman–Crippen MR) is 99.8 cm³/mol. The number of hydrogen-bond donors (Lipinski definition) is 0. The zero-order chi connectivity index (χ0) is 19.6. The number of rotatable bonds is 12. The Labute approximate surface area is 159 Å². The van der Waals surface area contributed by atoms with Gasteiger partial charge in [0, 0.05) is 24.3 Å². The number of carbonyl (C=O) groups excluding carboxylic acids is 2. The van der Waals surface area contributed by atoms with Gasteiger partial charge in [0.15, 0.2) is 5.75 Å². The van der Waals surface area contributed by atoms with Crippen LogP contribution in [0.5, 0.6) is 17.2 Å². The number of nitrogens with zero attached hydrogens (tertiary/aromatic N) is 1. The fraction of sp³-hybridized carbons (Fsp3) is 0.500. The van der Waals surface area contributed by atoms with E-state index < -0.39 is 0 Å². The van der Waals surface area contributed by atoms with Crippen LogP contribution >= 0.6 is 0 Å². The second-order valence-electron chi connectivity index (χ2n) is 5.86. The van der Waals surface area contributed by atoms with Crippen LogP contribution in [0.2, 0.25) is 0 Å². The molecule has 7 nitrogen and oxygen atoms in total. The molecule has 0 saturated heterocycles. The second kappa shape index (κ2) is 10.6. The molecule has 0 spiro atoms. The zero-order valence-electron chi connectivity index (χ0n) is 16.2. The average molecular weight is 377 g/mol. The first kappa shape index (κ1) is 20.8. The maximum Gasteiger partial charge on any atom is 0.253 e. The van der Waals surface area contributed by atoms with Crippen molar-refractivity contribution in [3.63, 3.8) is 0 Å². The Balaban J connectivity index is 2.06. The summed E-state index contributed by atoms with van der Waals surface area (Å²) in [5.41, 5.74) is 0.924. The molecule has 27 heavy (non-hydrogen) atoms. The van der Waals surface area contributed by atoms with Gasteiger partial charge in [-0.1, -0.05) is 6.07 Å². The highest BCUT2D eigenvalue weighted by molar-refractivity contribution is 6.12. The van der Waals surface area contributed by atoms with Gasteiger partial charge in [-0.05, 0) is 46.1 Å². The summed E-state index contributed by atoms with van der Waals surface area (Å²) in [5.74, 6) is 1.15. The molecular weight excluding hydrogens is 350 g/mol. The number of hydrogen-bond acceptors (Lipinski definition) is 6. The monoisotopic (exact) mass is 377 g/mol. The second-order valence-corrected chi connectivity index (χ2v) is 5.86. The van der Waals surface area contributed by atoms with E-state index in [2.05, 4.69) is 0 Å². The van der Waals surface area contributed by atoms with E-state index in [4.69, 9.17) is 19.2 Å². The normalized spacial score (nSPS) is 13.4. The fourth-order valence-electron chi connectivity index (χ4n) is 2.78. The summed E-state index contributed by atoms with van der Waals surface area (Å²) < 4.78 is 11.4. The molecule has 7 heteroatoms. The lowest BCUT2D eigenvalue weighted by Gasteiger charge is -2.18. The van der Waals surface area contributed by atoms with Crippen LogP contribution in [0.3, 0.4) is 0 Å². The Morgan fingerprint density at radius 3 is 2.19 bits per heavy atom. The molecule has 0 aliphatic carbocycles. The first-order chi connectivity index (χ1) is 13.1. The Morgan fingerprint density at radius 2 is 1.56 bits per heavy atom. The summed E-state index contributed by atoms with van der Waals surface area (Å²) in [6, 6.07) is 3.79. The van der Waals surface area contributed by atoms with Crippen molar-refractivity contribution in [2.24, 2.45) is 0 Å². The maximum atomic E-state index is 11.6. The molecule has 0 atom stereocenters. The first-order valence-electron chi connectivity index (χ1n) is 9.36. The van der Waals surface area contributed by atoms with E-state index in [9.17, 15) is 9.59 Å². The van der Waals surface area contributed by atoms with Crippen molar-refractivity contribution in [2.45, 2.75) is 40.0 Å². The van der Waals surface area contributed by atoms with Gasteiger partial charge in [-0.15, -0.1) is 0 Å². The largest absolute Gasteiger partial charge is 0.490 e. The van der Waals surface area contributed by atoms with E-state index in [0.29, 0.717) is 56.5 Å². The third-order valence-electron chi connectivity index (χ3n) is 3.98. The molecule has 0 N–H and O–H groups in total. The van der Waals surface area contributed by atoms with Gasteiger partial charge in [0.05, 0.1) is 19.8 Å². The highest BCUT2D eigenvalue weighted by Gasteiger charge is 2.23. The van der Waals surface area contributed by atoms with Gasteiger partial charge in [-0.2, -0.15) is 4.89 Å². The van der Waals surface area contributed by atoms with E-state index in [0.717, 1.165) is 12.0 Å². The number of unbranched alkanes of at least 4 members (excludes halogenated alkanes) is 1. The Bertz CT molecular complexity index is 667. The molecule has 0 unspecified atom stereocenters. The van der Waals surface area contributed by atoms with Crippen LogP contribution < -0.4 is 14.4 Å². The van der Waals surface area contributed by atoms with E-state index in [1.807, 2.05) is 32.9 Å². The number of aryl methyl sites for hydroxylation is 1. The number of benzene rings is 1. The topological polar surface area (TPSA) is 74.3 Å².